The number of benzene rings is 1. The Labute approximate surface area is 417 Å². The van der Waals surface area contributed by atoms with E-state index in [1.54, 1.807) is 30.9 Å². The molecule has 0 aromatic heterocycles. The van der Waals surface area contributed by atoms with Crippen LogP contribution >= 0.6 is 0 Å². The summed E-state index contributed by atoms with van der Waals surface area (Å²) in [5, 5.41) is 0. The Morgan fingerprint density at radius 3 is 2.16 bits per heavy atom. The number of carbonyl (C=O) groups excluding carboxylic acids is 7. The van der Waals surface area contributed by atoms with E-state index in [9.17, 15) is 42.0 Å². The number of piperidine rings is 1. The predicted octanol–water partition coefficient (Wildman–Crippen LogP) is 5.91. The number of likely N-dealkylation sites (N-methyl/N-ethyl adjacent to an activating group) is 2. The number of sulfone groups is 1. The fourth-order valence-electron chi connectivity index (χ4n) is 12.0. The summed E-state index contributed by atoms with van der Waals surface area (Å²) in [6.45, 7) is 10.5. The van der Waals surface area contributed by atoms with Crippen LogP contribution < -0.4 is 0 Å². The molecule has 2 bridgehead atoms. The second kappa shape index (κ2) is 26.0. The van der Waals surface area contributed by atoms with E-state index in [-0.39, 0.29) is 91.1 Å². The highest BCUT2D eigenvalue weighted by Crippen LogP contribution is 2.43. The van der Waals surface area contributed by atoms with Crippen molar-refractivity contribution in [3.8, 4) is 0 Å². The Kier molecular flexibility index (Phi) is 21.1. The largest absolute Gasteiger partial charge is 0.379 e. The second-order valence-corrected chi connectivity index (χ2v) is 23.3. The van der Waals surface area contributed by atoms with Crippen LogP contribution in [0.2, 0.25) is 0 Å². The zero-order valence-corrected chi connectivity index (χ0v) is 44.2. The Morgan fingerprint density at radius 2 is 1.56 bits per heavy atom. The van der Waals surface area contributed by atoms with Crippen molar-refractivity contribution in [1.29, 1.82) is 0 Å². The van der Waals surface area contributed by atoms with Gasteiger partial charge in [0.2, 0.25) is 11.8 Å². The molecular formula is C54H82N4O11S. The Bertz CT molecular complexity index is 2110. The third-order valence-electron chi connectivity index (χ3n) is 16.1. The van der Waals surface area contributed by atoms with Gasteiger partial charge in [-0.25, -0.2) is 8.42 Å². The van der Waals surface area contributed by atoms with Crippen molar-refractivity contribution >= 4 is 50.8 Å². The lowest BCUT2D eigenvalue weighted by atomic mass is 9.83. The lowest BCUT2D eigenvalue weighted by Gasteiger charge is -2.41. The summed E-state index contributed by atoms with van der Waals surface area (Å²) < 4.78 is 39.4. The number of Topliss-reactive ketones (excluding diaryl/α,β-unsaturated/α-hetero) is 3. The van der Waals surface area contributed by atoms with E-state index in [2.05, 4.69) is 11.8 Å². The van der Waals surface area contributed by atoms with Gasteiger partial charge >= 0.3 is 0 Å². The first kappa shape index (κ1) is 56.8. The van der Waals surface area contributed by atoms with Gasteiger partial charge in [0.15, 0.2) is 15.6 Å². The van der Waals surface area contributed by atoms with Gasteiger partial charge < -0.3 is 19.3 Å². The van der Waals surface area contributed by atoms with Gasteiger partial charge in [0.1, 0.15) is 17.3 Å². The van der Waals surface area contributed by atoms with E-state index in [0.29, 0.717) is 57.0 Å². The van der Waals surface area contributed by atoms with Crippen LogP contribution in [-0.4, -0.2) is 158 Å². The molecule has 4 amide bonds. The molecule has 1 aromatic carbocycles. The number of ketones is 3. The average molecular weight is 995 g/mol. The Morgan fingerprint density at radius 1 is 0.871 bits per heavy atom. The number of ether oxygens (including phenoxy) is 2. The SMILES string of the molecule is CC[C@H](C)[C@@H]([C@@H](CC(=O)N1CCC[C@H]1[C@H](OC)[C@@H](C)C(=O)C[C@@H](Cc1ccccc1)CS(=O)(=O)CC(=O)CCCCCN1C(=O)C=CC1=O)OC)N(C)C(=O)[C@@H](CC(=O)[C@@H]1[C@H]2CC[C@H](C2)N1C)C(C)C. The highest BCUT2D eigenvalue weighted by molar-refractivity contribution is 7.92. The molecule has 2 saturated heterocycles. The summed E-state index contributed by atoms with van der Waals surface area (Å²) in [5.74, 6) is -4.12. The molecule has 11 atom stereocenters. The van der Waals surface area contributed by atoms with Crippen LogP contribution in [0.1, 0.15) is 124 Å². The van der Waals surface area contributed by atoms with Crippen LogP contribution in [0.25, 0.3) is 0 Å². The van der Waals surface area contributed by atoms with E-state index < -0.39 is 63.4 Å². The molecule has 0 N–H and O–H groups in total. The van der Waals surface area contributed by atoms with Gasteiger partial charge in [0.05, 0.1) is 42.5 Å². The van der Waals surface area contributed by atoms with Crippen LogP contribution in [-0.2, 0) is 59.3 Å². The Hall–Kier alpha value is -4.12. The number of hydrogen-bond acceptors (Lipinski definition) is 12. The molecule has 70 heavy (non-hydrogen) atoms. The third-order valence-corrected chi connectivity index (χ3v) is 17.8. The lowest BCUT2D eigenvalue weighted by Crippen LogP contribution is -2.54. The van der Waals surface area contributed by atoms with Crippen LogP contribution in [0, 0.1) is 35.5 Å². The van der Waals surface area contributed by atoms with E-state index in [0.717, 1.165) is 36.1 Å². The molecule has 3 heterocycles. The van der Waals surface area contributed by atoms with Crippen molar-refractivity contribution in [1.82, 2.24) is 19.6 Å². The number of fused-ring (bicyclic) bond motifs is 2. The number of carbonyl (C=O) groups is 7. The number of nitrogens with zero attached hydrogens (tertiary/aromatic N) is 4. The number of amides is 4. The third kappa shape index (κ3) is 14.5. The number of imide groups is 1. The lowest BCUT2D eigenvalue weighted by molar-refractivity contribution is -0.149. The first-order chi connectivity index (χ1) is 33.2. The van der Waals surface area contributed by atoms with E-state index in [1.165, 1.54) is 19.3 Å². The summed E-state index contributed by atoms with van der Waals surface area (Å²) in [7, 11) is 2.98. The molecule has 1 saturated carbocycles. The topological polar surface area (TPSA) is 185 Å². The molecule has 3 fully saturated rings. The zero-order valence-electron chi connectivity index (χ0n) is 43.4. The highest BCUT2D eigenvalue weighted by Gasteiger charge is 2.49. The molecule has 0 spiro atoms. The number of likely N-dealkylation sites (tertiary alicyclic amines) is 2. The smallest absolute Gasteiger partial charge is 0.253 e. The van der Waals surface area contributed by atoms with Gasteiger partial charge in [-0.1, -0.05) is 77.8 Å². The minimum absolute atomic E-state index is 0.00628. The normalized spacial score (nSPS) is 23.4. The molecule has 390 valence electrons. The summed E-state index contributed by atoms with van der Waals surface area (Å²) in [4.78, 5) is 101. The van der Waals surface area contributed by atoms with E-state index >= 15 is 0 Å². The van der Waals surface area contributed by atoms with Gasteiger partial charge in [0.25, 0.3) is 11.8 Å². The zero-order chi connectivity index (χ0) is 51.4. The first-order valence-corrected chi connectivity index (χ1v) is 27.7. The standard InChI is InChI=1S/C54H82N4O11S/c1-10-36(4)51(56(7)54(65)43(35(2)3)31-46(61)52-40-22-23-41(30-40)55(52)6)47(68-8)32-50(64)57-27-17-21-44(57)53(69-9)37(5)45(60)29-39(28-38-18-13-11-14-19-38)33-70(66,67)34-42(59)20-15-12-16-26-58-48(62)24-25-49(58)63/h11,13-14,18-19,24-25,35-37,39-41,43-44,47,51-53H,10,12,15-17,20-23,26-34H2,1-9H3/t36-,37-,39+,40-,41+,43-,44-,47+,51-,52-,53+/m0/s1. The molecule has 3 aliphatic heterocycles. The van der Waals surface area contributed by atoms with Gasteiger partial charge in [-0.3, -0.25) is 43.4 Å². The fraction of sp³-hybridized carbons (Fsp3) is 0.722. The maximum Gasteiger partial charge on any atom is 0.253 e. The van der Waals surface area contributed by atoms with Crippen molar-refractivity contribution in [3.63, 3.8) is 0 Å². The molecular weight excluding hydrogens is 913 g/mol. The monoisotopic (exact) mass is 995 g/mol. The second-order valence-electron chi connectivity index (χ2n) is 21.2. The first-order valence-electron chi connectivity index (χ1n) is 25.9. The van der Waals surface area contributed by atoms with Crippen molar-refractivity contribution in [2.24, 2.45) is 35.5 Å². The molecule has 0 unspecified atom stereocenters. The van der Waals surface area contributed by atoms with Crippen LogP contribution in [0.3, 0.4) is 0 Å². The van der Waals surface area contributed by atoms with Crippen molar-refractivity contribution in [2.45, 2.75) is 161 Å². The predicted molar refractivity (Wildman–Crippen MR) is 268 cm³/mol. The van der Waals surface area contributed by atoms with Crippen molar-refractivity contribution in [3.05, 3.63) is 48.0 Å². The maximum absolute atomic E-state index is 14.5. The van der Waals surface area contributed by atoms with Crippen molar-refractivity contribution in [2.75, 3.05) is 52.9 Å². The number of unbranched alkanes of at least 4 members (excludes halogenated alkanes) is 2. The highest BCUT2D eigenvalue weighted by atomic mass is 32.2. The van der Waals surface area contributed by atoms with Gasteiger partial charge in [-0.05, 0) is 87.6 Å². The fourth-order valence-corrected chi connectivity index (χ4v) is 13.7. The molecule has 5 rings (SSSR count). The summed E-state index contributed by atoms with van der Waals surface area (Å²) >= 11 is 0. The summed E-state index contributed by atoms with van der Waals surface area (Å²) in [6, 6.07) is 8.73. The molecule has 0 radical (unpaired) electrons. The van der Waals surface area contributed by atoms with Gasteiger partial charge in [-0.2, -0.15) is 0 Å². The van der Waals surface area contributed by atoms with Crippen molar-refractivity contribution < 1.29 is 51.5 Å². The molecule has 16 heteroatoms. The quantitative estimate of drug-likeness (QED) is 0.0657. The molecule has 4 aliphatic rings. The molecule has 1 aromatic rings. The van der Waals surface area contributed by atoms with Gasteiger partial charge in [-0.15, -0.1) is 0 Å². The minimum Gasteiger partial charge on any atom is -0.379 e. The summed E-state index contributed by atoms with van der Waals surface area (Å²) in [5.41, 5.74) is 0.864. The van der Waals surface area contributed by atoms with Crippen LogP contribution in [0.15, 0.2) is 42.5 Å². The van der Waals surface area contributed by atoms with Crippen LogP contribution in [0.5, 0.6) is 0 Å². The number of rotatable bonds is 30. The number of methoxy groups -OCH3 is 2. The number of hydrogen-bond donors (Lipinski definition) is 0. The average Bonchev–Trinajstić information content (AvgIpc) is 4.13. The minimum atomic E-state index is -3.91. The Balaban J connectivity index is 1.22. The van der Waals surface area contributed by atoms with E-state index in [4.69, 9.17) is 9.47 Å². The van der Waals surface area contributed by atoms with Gasteiger partial charge in [0, 0.05) is 83.6 Å². The van der Waals surface area contributed by atoms with E-state index in [1.807, 2.05) is 58.2 Å². The van der Waals surface area contributed by atoms with Crippen LogP contribution in [0.4, 0.5) is 0 Å². The molecule has 1 aliphatic carbocycles. The maximum atomic E-state index is 14.5. The molecule has 15 nitrogen and oxygen atoms in total. The summed E-state index contributed by atoms with van der Waals surface area (Å²) in [6.07, 6.45) is 8.26.